The Bertz CT molecular complexity index is 1060. The molecule has 0 radical (unpaired) electrons. The number of nitrogens with zero attached hydrogens (tertiary/aromatic N) is 3. The molecule has 0 saturated heterocycles. The molecule has 2 aromatic carbocycles. The third-order valence-electron chi connectivity index (χ3n) is 4.35. The van der Waals surface area contributed by atoms with Crippen LogP contribution in [0.25, 0.3) is 0 Å². The number of nitro benzene ring substituents is 1. The predicted molar refractivity (Wildman–Crippen MR) is 111 cm³/mol. The number of aryl methyl sites for hydroxylation is 1. The molecule has 1 aliphatic rings. The molecule has 1 N–H and O–H groups in total. The van der Waals surface area contributed by atoms with E-state index in [9.17, 15) is 10.1 Å². The summed E-state index contributed by atoms with van der Waals surface area (Å²) in [6.45, 7) is 0. The average Bonchev–Trinajstić information content (AvgIpc) is 2.74. The zero-order chi connectivity index (χ0) is 20.2. The van der Waals surface area contributed by atoms with E-state index in [0.717, 1.165) is 40.6 Å². The van der Waals surface area contributed by atoms with E-state index in [1.54, 1.807) is 31.0 Å². The van der Waals surface area contributed by atoms with Crippen LogP contribution in [0.4, 0.5) is 17.3 Å². The topological polar surface area (TPSA) is 99.4 Å². The minimum Gasteiger partial charge on any atom is -0.497 e. The zero-order valence-corrected chi connectivity index (χ0v) is 16.4. The second-order valence-electron chi connectivity index (χ2n) is 6.29. The van der Waals surface area contributed by atoms with Crippen molar-refractivity contribution in [2.45, 2.75) is 12.2 Å². The maximum absolute atomic E-state index is 11.0. The normalized spacial score (nSPS) is 12.7. The van der Waals surface area contributed by atoms with Gasteiger partial charge in [0.05, 0.1) is 23.8 Å². The lowest BCUT2D eigenvalue weighted by atomic mass is 10.2. The van der Waals surface area contributed by atoms with Gasteiger partial charge in [0.2, 0.25) is 11.8 Å². The van der Waals surface area contributed by atoms with Gasteiger partial charge in [-0.25, -0.2) is 4.98 Å². The number of hydrogen-bond acceptors (Lipinski definition) is 8. The molecule has 1 aliphatic heterocycles. The van der Waals surface area contributed by atoms with Gasteiger partial charge in [-0.3, -0.25) is 10.1 Å². The van der Waals surface area contributed by atoms with Gasteiger partial charge in [0.15, 0.2) is 0 Å². The summed E-state index contributed by atoms with van der Waals surface area (Å²) in [6.07, 6.45) is 0.806. The lowest BCUT2D eigenvalue weighted by Gasteiger charge is -2.19. The summed E-state index contributed by atoms with van der Waals surface area (Å²) in [5, 5.41) is 14.2. The number of thioether (sulfide) groups is 1. The van der Waals surface area contributed by atoms with Crippen LogP contribution in [0.1, 0.15) is 11.3 Å². The molecule has 0 atom stereocenters. The molecule has 148 valence electrons. The first kappa shape index (κ1) is 19.0. The van der Waals surface area contributed by atoms with E-state index < -0.39 is 4.92 Å². The molecule has 3 aromatic rings. The van der Waals surface area contributed by atoms with Gasteiger partial charge in [0, 0.05) is 29.1 Å². The zero-order valence-electron chi connectivity index (χ0n) is 15.6. The predicted octanol–water partition coefficient (Wildman–Crippen LogP) is 4.72. The summed E-state index contributed by atoms with van der Waals surface area (Å²) >= 11 is 1.78. The number of nitrogens with one attached hydrogen (secondary N) is 1. The van der Waals surface area contributed by atoms with Crippen molar-refractivity contribution in [3.8, 4) is 17.4 Å². The monoisotopic (exact) mass is 410 g/mol. The number of methoxy groups -OCH3 is 1. The number of hydrogen-bond donors (Lipinski definition) is 1. The van der Waals surface area contributed by atoms with Gasteiger partial charge in [-0.1, -0.05) is 12.1 Å². The van der Waals surface area contributed by atoms with Crippen LogP contribution in [-0.4, -0.2) is 27.8 Å². The van der Waals surface area contributed by atoms with Crippen molar-refractivity contribution < 1.29 is 14.4 Å². The summed E-state index contributed by atoms with van der Waals surface area (Å²) in [6, 6.07) is 13.5. The molecule has 0 amide bonds. The van der Waals surface area contributed by atoms with Crippen LogP contribution < -0.4 is 14.8 Å². The van der Waals surface area contributed by atoms with Crippen LogP contribution in [0.2, 0.25) is 0 Å². The molecular formula is C20H18N4O4S. The highest BCUT2D eigenvalue weighted by molar-refractivity contribution is 7.98. The molecule has 2 heterocycles. The minimum absolute atomic E-state index is 0.0328. The number of anilines is 2. The Morgan fingerprint density at radius 3 is 2.79 bits per heavy atom. The third-order valence-corrected chi connectivity index (χ3v) is 5.34. The van der Waals surface area contributed by atoms with Gasteiger partial charge in [-0.2, -0.15) is 16.7 Å². The van der Waals surface area contributed by atoms with E-state index in [0.29, 0.717) is 17.6 Å². The maximum atomic E-state index is 11.0. The van der Waals surface area contributed by atoms with E-state index in [-0.39, 0.29) is 5.69 Å². The first-order chi connectivity index (χ1) is 14.1. The highest BCUT2D eigenvalue weighted by Crippen LogP contribution is 2.34. The molecule has 0 bridgehead atoms. The molecule has 4 rings (SSSR count). The fourth-order valence-electron chi connectivity index (χ4n) is 2.94. The number of fused-ring (bicyclic) bond motifs is 1. The van der Waals surface area contributed by atoms with Gasteiger partial charge in [-0.15, -0.1) is 0 Å². The molecule has 0 spiro atoms. The first-order valence-electron chi connectivity index (χ1n) is 8.93. The van der Waals surface area contributed by atoms with Gasteiger partial charge in [-0.05, 0) is 30.4 Å². The fraction of sp³-hybridized carbons (Fsp3) is 0.200. The number of aromatic nitrogens is 2. The Balaban J connectivity index is 1.68. The number of non-ortho nitro benzene ring substituents is 1. The largest absolute Gasteiger partial charge is 0.497 e. The second-order valence-corrected chi connectivity index (χ2v) is 7.40. The van der Waals surface area contributed by atoms with Crippen molar-refractivity contribution >= 4 is 29.1 Å². The smallest absolute Gasteiger partial charge is 0.273 e. The van der Waals surface area contributed by atoms with E-state index in [2.05, 4.69) is 15.3 Å². The van der Waals surface area contributed by atoms with E-state index in [4.69, 9.17) is 9.47 Å². The van der Waals surface area contributed by atoms with Gasteiger partial charge in [0.1, 0.15) is 11.5 Å². The Kier molecular flexibility index (Phi) is 5.48. The van der Waals surface area contributed by atoms with Crippen molar-refractivity contribution in [1.29, 1.82) is 0 Å². The van der Waals surface area contributed by atoms with Crippen LogP contribution in [-0.2, 0) is 12.2 Å². The molecule has 8 nitrogen and oxygen atoms in total. The van der Waals surface area contributed by atoms with Crippen molar-refractivity contribution in [2.75, 3.05) is 18.2 Å². The molecular weight excluding hydrogens is 392 g/mol. The van der Waals surface area contributed by atoms with Crippen molar-refractivity contribution in [2.24, 2.45) is 0 Å². The van der Waals surface area contributed by atoms with Gasteiger partial charge >= 0.3 is 0 Å². The van der Waals surface area contributed by atoms with Crippen LogP contribution in [0.5, 0.6) is 17.4 Å². The standard InChI is InChI=1S/C20H18N4O4S/c1-27-15-6-2-4-13(10-15)21-20-22-18-8-9-29-12-17(18)19(23-20)28-16-7-3-5-14(11-16)24(25)26/h2-7,10-11H,8-9,12H2,1H3,(H,21,22,23). The van der Waals surface area contributed by atoms with Gasteiger partial charge < -0.3 is 14.8 Å². The van der Waals surface area contributed by atoms with E-state index >= 15 is 0 Å². The van der Waals surface area contributed by atoms with E-state index in [1.807, 2.05) is 24.3 Å². The van der Waals surface area contributed by atoms with Crippen LogP contribution in [0.15, 0.2) is 48.5 Å². The first-order valence-corrected chi connectivity index (χ1v) is 10.1. The molecule has 29 heavy (non-hydrogen) atoms. The maximum Gasteiger partial charge on any atom is 0.273 e. The summed E-state index contributed by atoms with van der Waals surface area (Å²) in [5.74, 6) is 3.61. The number of ether oxygens (including phenoxy) is 2. The molecule has 1 aromatic heterocycles. The highest BCUT2D eigenvalue weighted by atomic mass is 32.2. The van der Waals surface area contributed by atoms with Crippen LogP contribution >= 0.6 is 11.8 Å². The number of rotatable bonds is 6. The average molecular weight is 410 g/mol. The van der Waals surface area contributed by atoms with Crippen molar-refractivity contribution in [3.63, 3.8) is 0 Å². The fourth-order valence-corrected chi connectivity index (χ4v) is 3.92. The number of nitro groups is 1. The minimum atomic E-state index is -0.450. The summed E-state index contributed by atoms with van der Waals surface area (Å²) in [5.41, 5.74) is 2.60. The third kappa shape index (κ3) is 4.40. The molecule has 0 fully saturated rings. The Morgan fingerprint density at radius 2 is 1.97 bits per heavy atom. The summed E-state index contributed by atoms with van der Waals surface area (Å²) in [4.78, 5) is 19.8. The van der Waals surface area contributed by atoms with Crippen LogP contribution in [0, 0.1) is 10.1 Å². The van der Waals surface area contributed by atoms with E-state index in [1.165, 1.54) is 12.1 Å². The summed E-state index contributed by atoms with van der Waals surface area (Å²) < 4.78 is 11.2. The summed E-state index contributed by atoms with van der Waals surface area (Å²) in [7, 11) is 1.61. The lowest BCUT2D eigenvalue weighted by Crippen LogP contribution is -2.11. The lowest BCUT2D eigenvalue weighted by molar-refractivity contribution is -0.384. The quantitative estimate of drug-likeness (QED) is 0.460. The van der Waals surface area contributed by atoms with Crippen molar-refractivity contribution in [3.05, 3.63) is 69.9 Å². The second kappa shape index (κ2) is 8.36. The molecule has 0 unspecified atom stereocenters. The van der Waals surface area contributed by atoms with Gasteiger partial charge in [0.25, 0.3) is 5.69 Å². The molecule has 0 aliphatic carbocycles. The SMILES string of the molecule is COc1cccc(Nc2nc3c(c(Oc4cccc([N+](=O)[O-])c4)n2)CSCC3)c1. The molecule has 0 saturated carbocycles. The Hall–Kier alpha value is -3.33. The molecule has 9 heteroatoms. The van der Waals surface area contributed by atoms with Crippen LogP contribution in [0.3, 0.4) is 0 Å². The Morgan fingerprint density at radius 1 is 1.14 bits per heavy atom. The van der Waals surface area contributed by atoms with Crippen molar-refractivity contribution in [1.82, 2.24) is 9.97 Å². The Labute approximate surface area is 171 Å². The highest BCUT2D eigenvalue weighted by Gasteiger charge is 2.20. The number of benzene rings is 2.